The van der Waals surface area contributed by atoms with E-state index >= 15 is 0 Å². The summed E-state index contributed by atoms with van der Waals surface area (Å²) in [5.41, 5.74) is 4.84. The number of aliphatic carboxylic acids is 1. The monoisotopic (exact) mass is 674 g/mol. The minimum absolute atomic E-state index is 0.0465. The van der Waals surface area contributed by atoms with Gasteiger partial charge in [-0.2, -0.15) is 5.10 Å². The molecule has 0 aliphatic carbocycles. The molecule has 1 aliphatic heterocycles. The molecule has 242 valence electrons. The number of rotatable bonds is 11. The lowest BCUT2D eigenvalue weighted by Crippen LogP contribution is -2.33. The second kappa shape index (κ2) is 14.6. The molecule has 1 fully saturated rings. The number of piperidine rings is 1. The summed E-state index contributed by atoms with van der Waals surface area (Å²) in [7, 11) is 0. The van der Waals surface area contributed by atoms with Gasteiger partial charge < -0.3 is 15.2 Å². The molecule has 13 heteroatoms. The maximum absolute atomic E-state index is 12.5. The van der Waals surface area contributed by atoms with Gasteiger partial charge in [0.2, 0.25) is 0 Å². The van der Waals surface area contributed by atoms with Crippen LogP contribution in [0.25, 0.3) is 11.3 Å². The Hall–Kier alpha value is -4.06. The van der Waals surface area contributed by atoms with Gasteiger partial charge in [0.1, 0.15) is 5.75 Å². The second-order valence-electron chi connectivity index (χ2n) is 11.1. The van der Waals surface area contributed by atoms with Crippen molar-refractivity contribution in [2.75, 3.05) is 19.6 Å². The zero-order valence-electron chi connectivity index (χ0n) is 24.6. The van der Waals surface area contributed by atoms with E-state index in [0.717, 1.165) is 54.0 Å². The van der Waals surface area contributed by atoms with Crippen molar-refractivity contribution >= 4 is 35.1 Å². The molecular formula is C33H31Cl2F3N4O4. The molecular weight excluding hydrogens is 644 g/mol. The third-order valence-corrected chi connectivity index (χ3v) is 8.15. The number of ether oxygens (including phenoxy) is 1. The van der Waals surface area contributed by atoms with Crippen LogP contribution in [0.1, 0.15) is 52.4 Å². The van der Waals surface area contributed by atoms with Crippen LogP contribution in [0.3, 0.4) is 0 Å². The Morgan fingerprint density at radius 1 is 0.913 bits per heavy atom. The summed E-state index contributed by atoms with van der Waals surface area (Å²) < 4.78 is 43.4. The largest absolute Gasteiger partial charge is 0.573 e. The molecule has 0 atom stereocenters. The molecule has 1 aromatic heterocycles. The van der Waals surface area contributed by atoms with E-state index in [1.807, 2.05) is 28.9 Å². The Balaban J connectivity index is 1.29. The lowest BCUT2D eigenvalue weighted by Gasteiger charge is -2.32. The lowest BCUT2D eigenvalue weighted by molar-refractivity contribution is -0.274. The van der Waals surface area contributed by atoms with Gasteiger partial charge in [0.05, 0.1) is 18.7 Å². The Kier molecular flexibility index (Phi) is 10.6. The number of amides is 1. The van der Waals surface area contributed by atoms with E-state index in [1.165, 1.54) is 12.1 Å². The summed E-state index contributed by atoms with van der Waals surface area (Å²) in [5.74, 6) is -1.36. The first-order valence-electron chi connectivity index (χ1n) is 14.6. The molecule has 0 saturated carbocycles. The molecule has 1 saturated heterocycles. The molecule has 2 N–H and O–H groups in total. The zero-order valence-corrected chi connectivity index (χ0v) is 26.1. The fraction of sp³-hybridized carbons (Fsp3) is 0.303. The lowest BCUT2D eigenvalue weighted by atomic mass is 9.92. The van der Waals surface area contributed by atoms with E-state index in [9.17, 15) is 22.8 Å². The standard InChI is InChI=1S/C33H31Cl2F3N4O4/c34-26-15-25(16-27(35)17-26)29-18-30(42(40-29)20-22-1-5-24(6-2-22)32(45)39-12-9-31(43)44)23-10-13-41(14-11-23)19-21-3-7-28(8-4-21)46-33(36,37)38/h1-8,15-18,23H,9-14,19-20H2,(H,39,45)(H,43,44). The van der Waals surface area contributed by atoms with Gasteiger partial charge in [-0.25, -0.2) is 0 Å². The molecule has 46 heavy (non-hydrogen) atoms. The SMILES string of the molecule is O=C(O)CCNC(=O)c1ccc(Cn2nc(-c3cc(Cl)cc(Cl)c3)cc2C2CCN(Cc3ccc(OC(F)(F)F)cc3)CC2)cc1. The molecule has 0 radical (unpaired) electrons. The van der Waals surface area contributed by atoms with Crippen LogP contribution in [-0.2, 0) is 17.9 Å². The summed E-state index contributed by atoms with van der Waals surface area (Å²) in [6.07, 6.45) is -3.17. The van der Waals surface area contributed by atoms with E-state index in [2.05, 4.69) is 21.0 Å². The summed E-state index contributed by atoms with van der Waals surface area (Å²) in [5, 5.41) is 17.3. The number of hydrogen-bond donors (Lipinski definition) is 2. The molecule has 0 unspecified atom stereocenters. The Labute approximate surface area is 273 Å². The maximum Gasteiger partial charge on any atom is 0.573 e. The van der Waals surface area contributed by atoms with Gasteiger partial charge in [0.25, 0.3) is 5.91 Å². The Bertz CT molecular complexity index is 1650. The molecule has 0 spiro atoms. The third kappa shape index (κ3) is 9.24. The molecule has 8 nitrogen and oxygen atoms in total. The van der Waals surface area contributed by atoms with Crippen molar-refractivity contribution in [2.24, 2.45) is 0 Å². The molecule has 1 amide bonds. The highest BCUT2D eigenvalue weighted by Gasteiger charge is 2.31. The van der Waals surface area contributed by atoms with Gasteiger partial charge >= 0.3 is 12.3 Å². The Morgan fingerprint density at radius 2 is 1.52 bits per heavy atom. The van der Waals surface area contributed by atoms with Crippen molar-refractivity contribution in [2.45, 2.75) is 44.6 Å². The zero-order chi connectivity index (χ0) is 32.8. The van der Waals surface area contributed by atoms with Crippen molar-refractivity contribution < 1.29 is 32.6 Å². The van der Waals surface area contributed by atoms with Crippen LogP contribution in [0, 0.1) is 0 Å². The third-order valence-electron chi connectivity index (χ3n) is 7.71. The van der Waals surface area contributed by atoms with E-state index in [-0.39, 0.29) is 30.5 Å². The number of carbonyl (C=O) groups excluding carboxylic acids is 1. The topological polar surface area (TPSA) is 96.7 Å². The first-order chi connectivity index (χ1) is 21.9. The normalized spacial score (nSPS) is 14.3. The van der Waals surface area contributed by atoms with Gasteiger partial charge in [-0.1, -0.05) is 47.5 Å². The number of nitrogens with zero attached hydrogens (tertiary/aromatic N) is 3. The number of carboxylic acids is 1. The highest BCUT2D eigenvalue weighted by atomic mass is 35.5. The first-order valence-corrected chi connectivity index (χ1v) is 15.4. The molecule has 0 bridgehead atoms. The van der Waals surface area contributed by atoms with Crippen molar-refractivity contribution in [1.29, 1.82) is 0 Å². The van der Waals surface area contributed by atoms with Crippen LogP contribution in [0.2, 0.25) is 10.0 Å². The van der Waals surface area contributed by atoms with Crippen molar-refractivity contribution in [3.8, 4) is 17.0 Å². The van der Waals surface area contributed by atoms with E-state index in [1.54, 1.807) is 30.3 Å². The highest BCUT2D eigenvalue weighted by molar-refractivity contribution is 6.35. The quantitative estimate of drug-likeness (QED) is 0.172. The number of hydrogen-bond acceptors (Lipinski definition) is 5. The maximum atomic E-state index is 12.5. The number of alkyl halides is 3. The van der Waals surface area contributed by atoms with Crippen molar-refractivity contribution in [1.82, 2.24) is 20.0 Å². The van der Waals surface area contributed by atoms with Crippen LogP contribution in [-0.4, -0.2) is 57.7 Å². The van der Waals surface area contributed by atoms with Crippen molar-refractivity contribution in [3.05, 3.63) is 105 Å². The van der Waals surface area contributed by atoms with Crippen LogP contribution >= 0.6 is 23.2 Å². The number of likely N-dealkylation sites (tertiary alicyclic amines) is 1. The number of carbonyl (C=O) groups is 2. The van der Waals surface area contributed by atoms with Gasteiger partial charge in [-0.05, 0) is 85.6 Å². The predicted molar refractivity (Wildman–Crippen MR) is 168 cm³/mol. The van der Waals surface area contributed by atoms with Gasteiger partial charge in [0.15, 0.2) is 0 Å². The molecule has 3 aromatic carbocycles. The smallest absolute Gasteiger partial charge is 0.481 e. The van der Waals surface area contributed by atoms with Crippen LogP contribution < -0.4 is 10.1 Å². The molecule has 5 rings (SSSR count). The van der Waals surface area contributed by atoms with Gasteiger partial charge in [0, 0.05) is 45.9 Å². The average Bonchev–Trinajstić information content (AvgIpc) is 3.41. The summed E-state index contributed by atoms with van der Waals surface area (Å²) in [6, 6.07) is 20.4. The highest BCUT2D eigenvalue weighted by Crippen LogP contribution is 2.34. The number of nitrogens with one attached hydrogen (secondary N) is 1. The molecule has 1 aliphatic rings. The van der Waals surface area contributed by atoms with E-state index in [0.29, 0.717) is 28.7 Å². The van der Waals surface area contributed by atoms with Gasteiger partial charge in [-0.15, -0.1) is 13.2 Å². The minimum atomic E-state index is -4.72. The van der Waals surface area contributed by atoms with E-state index < -0.39 is 12.3 Å². The fourth-order valence-electron chi connectivity index (χ4n) is 5.49. The number of carboxylic acid groups (broad SMARTS) is 1. The number of aromatic nitrogens is 2. The van der Waals surface area contributed by atoms with Gasteiger partial charge in [-0.3, -0.25) is 19.2 Å². The summed E-state index contributed by atoms with van der Waals surface area (Å²) in [6.45, 7) is 2.70. The summed E-state index contributed by atoms with van der Waals surface area (Å²) in [4.78, 5) is 25.4. The van der Waals surface area contributed by atoms with Crippen LogP contribution in [0.15, 0.2) is 72.8 Å². The summed E-state index contributed by atoms with van der Waals surface area (Å²) >= 11 is 12.6. The fourth-order valence-corrected chi connectivity index (χ4v) is 6.02. The number of halogens is 5. The average molecular weight is 676 g/mol. The van der Waals surface area contributed by atoms with Crippen LogP contribution in [0.5, 0.6) is 5.75 Å². The first kappa shape index (κ1) is 33.3. The minimum Gasteiger partial charge on any atom is -0.481 e. The van der Waals surface area contributed by atoms with E-state index in [4.69, 9.17) is 33.4 Å². The van der Waals surface area contributed by atoms with Crippen molar-refractivity contribution in [3.63, 3.8) is 0 Å². The predicted octanol–water partition coefficient (Wildman–Crippen LogP) is 7.39. The molecule has 4 aromatic rings. The second-order valence-corrected chi connectivity index (χ2v) is 12.0. The Morgan fingerprint density at radius 3 is 2.13 bits per heavy atom. The van der Waals surface area contributed by atoms with Crippen LogP contribution in [0.4, 0.5) is 13.2 Å². The number of benzene rings is 3. The molecule has 2 heterocycles.